The second kappa shape index (κ2) is 5.05. The molecule has 0 saturated carbocycles. The second-order valence-corrected chi connectivity index (χ2v) is 5.21. The summed E-state index contributed by atoms with van der Waals surface area (Å²) in [5, 5.41) is 0. The van der Waals surface area contributed by atoms with Gasteiger partial charge >= 0.3 is 0 Å². The van der Waals surface area contributed by atoms with E-state index in [1.807, 2.05) is 18.8 Å². The molecule has 2 rings (SSSR count). The second-order valence-electron chi connectivity index (χ2n) is 4.24. The van der Waals surface area contributed by atoms with Crippen molar-refractivity contribution in [2.75, 3.05) is 20.2 Å². The van der Waals surface area contributed by atoms with Gasteiger partial charge < -0.3 is 4.74 Å². The third kappa shape index (κ3) is 2.77. The summed E-state index contributed by atoms with van der Waals surface area (Å²) in [7, 11) is 1.82. The average molecular weight is 226 g/mol. The van der Waals surface area contributed by atoms with Crippen LogP contribution in [0.1, 0.15) is 18.2 Å². The van der Waals surface area contributed by atoms with Gasteiger partial charge in [0.1, 0.15) is 0 Å². The molecular formula is C11H18N2OS. The molecule has 0 unspecified atom stereocenters. The van der Waals surface area contributed by atoms with Crippen molar-refractivity contribution in [1.82, 2.24) is 9.88 Å². The number of hydrogen-bond acceptors (Lipinski definition) is 4. The third-order valence-corrected chi connectivity index (χ3v) is 3.90. The molecule has 1 aliphatic heterocycles. The summed E-state index contributed by atoms with van der Waals surface area (Å²) in [5.41, 5.74) is 1.90. The molecule has 0 spiro atoms. The molecule has 1 aromatic heterocycles. The Hall–Kier alpha value is -0.450. The molecule has 0 aliphatic carbocycles. The van der Waals surface area contributed by atoms with Gasteiger partial charge in [-0.2, -0.15) is 0 Å². The van der Waals surface area contributed by atoms with Gasteiger partial charge in [0.15, 0.2) is 0 Å². The van der Waals surface area contributed by atoms with Crippen LogP contribution in [0.15, 0.2) is 11.7 Å². The Morgan fingerprint density at radius 2 is 2.53 bits per heavy atom. The topological polar surface area (TPSA) is 25.4 Å². The summed E-state index contributed by atoms with van der Waals surface area (Å²) in [6, 6.07) is 0. The van der Waals surface area contributed by atoms with E-state index in [1.54, 1.807) is 11.3 Å². The fourth-order valence-corrected chi connectivity index (χ4v) is 2.72. The lowest BCUT2D eigenvalue weighted by Gasteiger charge is -2.35. The molecule has 84 valence electrons. The molecule has 1 aromatic rings. The number of ether oxygens (including phenoxy) is 1. The predicted octanol–water partition coefficient (Wildman–Crippen LogP) is 2.00. The molecule has 1 fully saturated rings. The molecule has 15 heavy (non-hydrogen) atoms. The van der Waals surface area contributed by atoms with Gasteiger partial charge in [0.25, 0.3) is 0 Å². The van der Waals surface area contributed by atoms with Crippen LogP contribution in [-0.2, 0) is 11.3 Å². The molecular weight excluding hydrogens is 208 g/mol. The van der Waals surface area contributed by atoms with Crippen LogP contribution in [-0.4, -0.2) is 36.2 Å². The number of nitrogens with zero attached hydrogens (tertiary/aromatic N) is 2. The average Bonchev–Trinajstić information content (AvgIpc) is 2.73. The van der Waals surface area contributed by atoms with Crippen LogP contribution in [0.4, 0.5) is 0 Å². The van der Waals surface area contributed by atoms with Crippen LogP contribution in [0.3, 0.4) is 0 Å². The van der Waals surface area contributed by atoms with E-state index in [4.69, 9.17) is 4.74 Å². The minimum atomic E-state index is 0.395. The van der Waals surface area contributed by atoms with Crippen molar-refractivity contribution in [2.24, 2.45) is 5.92 Å². The van der Waals surface area contributed by atoms with Crippen LogP contribution in [0.25, 0.3) is 0 Å². The SMILES string of the molecule is CO[C@@H]1CN(Cc2cncs2)CC[C@H]1C. The van der Waals surface area contributed by atoms with E-state index in [-0.39, 0.29) is 0 Å². The van der Waals surface area contributed by atoms with E-state index >= 15 is 0 Å². The minimum absolute atomic E-state index is 0.395. The number of thiazole rings is 1. The normalized spacial score (nSPS) is 28.1. The molecule has 0 N–H and O–H groups in total. The number of piperidine rings is 1. The smallest absolute Gasteiger partial charge is 0.0794 e. The van der Waals surface area contributed by atoms with Gasteiger partial charge in [-0.3, -0.25) is 9.88 Å². The molecule has 1 saturated heterocycles. The van der Waals surface area contributed by atoms with E-state index in [2.05, 4.69) is 16.8 Å². The molecule has 1 aliphatic rings. The van der Waals surface area contributed by atoms with Crippen molar-refractivity contribution < 1.29 is 4.74 Å². The Morgan fingerprint density at radius 3 is 3.20 bits per heavy atom. The Bertz CT molecular complexity index is 289. The summed E-state index contributed by atoms with van der Waals surface area (Å²) in [6.45, 7) is 5.53. The minimum Gasteiger partial charge on any atom is -0.380 e. The van der Waals surface area contributed by atoms with Gasteiger partial charge in [0.2, 0.25) is 0 Å². The molecule has 0 bridgehead atoms. The maximum Gasteiger partial charge on any atom is 0.0794 e. The summed E-state index contributed by atoms with van der Waals surface area (Å²) < 4.78 is 5.50. The summed E-state index contributed by atoms with van der Waals surface area (Å²) in [4.78, 5) is 7.91. The van der Waals surface area contributed by atoms with Gasteiger partial charge in [0, 0.05) is 31.3 Å². The van der Waals surface area contributed by atoms with Gasteiger partial charge in [-0.15, -0.1) is 11.3 Å². The van der Waals surface area contributed by atoms with Crippen LogP contribution < -0.4 is 0 Å². The number of aromatic nitrogens is 1. The van der Waals surface area contributed by atoms with Crippen molar-refractivity contribution in [3.05, 3.63) is 16.6 Å². The fourth-order valence-electron chi connectivity index (χ4n) is 2.09. The zero-order valence-corrected chi connectivity index (χ0v) is 10.2. The van der Waals surface area contributed by atoms with Gasteiger partial charge in [-0.25, -0.2) is 0 Å². The van der Waals surface area contributed by atoms with E-state index in [0.717, 1.165) is 13.1 Å². The highest BCUT2D eigenvalue weighted by molar-refractivity contribution is 7.09. The van der Waals surface area contributed by atoms with Crippen molar-refractivity contribution in [2.45, 2.75) is 26.0 Å². The standard InChI is InChI=1S/C11H18N2OS/c1-9-3-4-13(7-11(9)14-2)6-10-5-12-8-15-10/h5,8-9,11H,3-4,6-7H2,1-2H3/t9-,11-/m1/s1. The van der Waals surface area contributed by atoms with E-state index < -0.39 is 0 Å². The van der Waals surface area contributed by atoms with Gasteiger partial charge in [-0.1, -0.05) is 6.92 Å². The maximum absolute atomic E-state index is 5.50. The Kier molecular flexibility index (Phi) is 3.72. The molecule has 2 atom stereocenters. The highest BCUT2D eigenvalue weighted by Gasteiger charge is 2.25. The molecule has 4 heteroatoms. The number of methoxy groups -OCH3 is 1. The van der Waals surface area contributed by atoms with Crippen LogP contribution in [0.5, 0.6) is 0 Å². The largest absolute Gasteiger partial charge is 0.380 e. The first kappa shape index (κ1) is 11.0. The zero-order chi connectivity index (χ0) is 10.7. The first-order chi connectivity index (χ1) is 7.29. The Balaban J connectivity index is 1.89. The zero-order valence-electron chi connectivity index (χ0n) is 9.35. The lowest BCUT2D eigenvalue weighted by molar-refractivity contribution is -0.00717. The first-order valence-electron chi connectivity index (χ1n) is 5.42. The molecule has 0 aromatic carbocycles. The number of likely N-dealkylation sites (tertiary alicyclic amines) is 1. The monoisotopic (exact) mass is 226 g/mol. The molecule has 3 nitrogen and oxygen atoms in total. The lowest BCUT2D eigenvalue weighted by Crippen LogP contribution is -2.43. The third-order valence-electron chi connectivity index (χ3n) is 3.14. The molecule has 0 amide bonds. The van der Waals surface area contributed by atoms with E-state index in [9.17, 15) is 0 Å². The quantitative estimate of drug-likeness (QED) is 0.788. The Labute approximate surface area is 95.1 Å². The molecule has 0 radical (unpaired) electrons. The maximum atomic E-state index is 5.50. The highest BCUT2D eigenvalue weighted by atomic mass is 32.1. The highest BCUT2D eigenvalue weighted by Crippen LogP contribution is 2.21. The number of hydrogen-bond donors (Lipinski definition) is 0. The van der Waals surface area contributed by atoms with Crippen molar-refractivity contribution in [3.63, 3.8) is 0 Å². The van der Waals surface area contributed by atoms with E-state index in [1.165, 1.54) is 17.8 Å². The van der Waals surface area contributed by atoms with Crippen LogP contribution in [0.2, 0.25) is 0 Å². The summed E-state index contributed by atoms with van der Waals surface area (Å²) in [6.07, 6.45) is 3.59. The van der Waals surface area contributed by atoms with Crippen LogP contribution >= 0.6 is 11.3 Å². The predicted molar refractivity (Wildman–Crippen MR) is 62.0 cm³/mol. The molecule has 2 heterocycles. The van der Waals surface area contributed by atoms with Crippen molar-refractivity contribution in [3.8, 4) is 0 Å². The number of rotatable bonds is 3. The van der Waals surface area contributed by atoms with Crippen molar-refractivity contribution in [1.29, 1.82) is 0 Å². The van der Waals surface area contributed by atoms with E-state index in [0.29, 0.717) is 12.0 Å². The fraction of sp³-hybridized carbons (Fsp3) is 0.727. The Morgan fingerprint density at radius 1 is 1.67 bits per heavy atom. The van der Waals surface area contributed by atoms with Crippen LogP contribution in [0, 0.1) is 5.92 Å². The lowest BCUT2D eigenvalue weighted by atomic mass is 9.96. The van der Waals surface area contributed by atoms with Crippen molar-refractivity contribution >= 4 is 11.3 Å². The summed E-state index contributed by atoms with van der Waals surface area (Å²) >= 11 is 1.73. The van der Waals surface area contributed by atoms with Gasteiger partial charge in [0.05, 0.1) is 11.6 Å². The summed E-state index contributed by atoms with van der Waals surface area (Å²) in [5.74, 6) is 0.688. The first-order valence-corrected chi connectivity index (χ1v) is 6.30. The van der Waals surface area contributed by atoms with Gasteiger partial charge in [-0.05, 0) is 18.9 Å².